The van der Waals surface area contributed by atoms with Gasteiger partial charge in [-0.2, -0.15) is 18.2 Å². The van der Waals surface area contributed by atoms with Gasteiger partial charge in [-0.25, -0.2) is 9.97 Å². The van der Waals surface area contributed by atoms with Gasteiger partial charge in [0, 0.05) is 19.1 Å². The SMILES string of the molecule is Cc1nc(NCCOCC(F)(F)F)nc(N[C@]2(O)CC[C@H](CO)[C@H]2O)c1-c1nc2ccccc2s1. The number of rotatable bonds is 9. The Labute approximate surface area is 203 Å². The molecule has 1 fully saturated rings. The van der Waals surface area contributed by atoms with E-state index >= 15 is 0 Å². The number of hydrogen-bond donors (Lipinski definition) is 5. The number of fused-ring (bicyclic) bond motifs is 1. The van der Waals surface area contributed by atoms with Crippen molar-refractivity contribution >= 4 is 33.3 Å². The van der Waals surface area contributed by atoms with Gasteiger partial charge in [-0.1, -0.05) is 12.1 Å². The molecule has 1 aliphatic carbocycles. The quantitative estimate of drug-likeness (QED) is 0.216. The summed E-state index contributed by atoms with van der Waals surface area (Å²) in [5.41, 5.74) is 0.0715. The molecule has 3 atom stereocenters. The molecular weight excluding hydrogens is 487 g/mol. The van der Waals surface area contributed by atoms with E-state index in [9.17, 15) is 28.5 Å². The average Bonchev–Trinajstić information content (AvgIpc) is 3.33. The van der Waals surface area contributed by atoms with E-state index in [1.54, 1.807) is 6.92 Å². The zero-order chi connectivity index (χ0) is 25.2. The third kappa shape index (κ3) is 5.81. The lowest BCUT2D eigenvalue weighted by Crippen LogP contribution is -2.48. The smallest absolute Gasteiger partial charge is 0.396 e. The molecule has 1 saturated carbocycles. The molecule has 0 saturated heterocycles. The summed E-state index contributed by atoms with van der Waals surface area (Å²) in [5, 5.41) is 37.6. The van der Waals surface area contributed by atoms with E-state index < -0.39 is 30.5 Å². The van der Waals surface area contributed by atoms with E-state index in [2.05, 4.69) is 30.3 Å². The Morgan fingerprint density at radius 3 is 2.69 bits per heavy atom. The lowest BCUT2D eigenvalue weighted by Gasteiger charge is -2.31. The second kappa shape index (κ2) is 10.2. The first-order valence-electron chi connectivity index (χ1n) is 11.0. The van der Waals surface area contributed by atoms with Crippen LogP contribution < -0.4 is 10.6 Å². The summed E-state index contributed by atoms with van der Waals surface area (Å²) in [7, 11) is 0. The first kappa shape index (κ1) is 25.5. The largest absolute Gasteiger partial charge is 0.411 e. The molecule has 1 aliphatic rings. The Morgan fingerprint density at radius 2 is 2.00 bits per heavy atom. The van der Waals surface area contributed by atoms with Crippen LogP contribution in [0.15, 0.2) is 24.3 Å². The van der Waals surface area contributed by atoms with Gasteiger partial charge in [0.2, 0.25) is 5.95 Å². The summed E-state index contributed by atoms with van der Waals surface area (Å²) in [6, 6.07) is 7.56. The topological polar surface area (TPSA) is 133 Å². The summed E-state index contributed by atoms with van der Waals surface area (Å²) < 4.78 is 42.3. The van der Waals surface area contributed by atoms with Gasteiger partial charge in [0.15, 0.2) is 5.72 Å². The Morgan fingerprint density at radius 1 is 1.23 bits per heavy atom. The van der Waals surface area contributed by atoms with E-state index in [0.717, 1.165) is 10.2 Å². The molecule has 2 aromatic heterocycles. The van der Waals surface area contributed by atoms with Crippen LogP contribution in [0.5, 0.6) is 0 Å². The minimum Gasteiger partial charge on any atom is -0.396 e. The van der Waals surface area contributed by atoms with E-state index in [1.165, 1.54) is 11.3 Å². The van der Waals surface area contributed by atoms with Gasteiger partial charge >= 0.3 is 6.18 Å². The predicted molar refractivity (Wildman–Crippen MR) is 125 cm³/mol. The normalized spacial score (nSPS) is 22.6. The number of para-hydroxylation sites is 1. The number of nitrogens with zero attached hydrogens (tertiary/aromatic N) is 3. The standard InChI is InChI=1S/C22H26F3N5O4S/c1-12-16(19-28-14-4-2-3-5-15(14)35-19)18(30-21(33)7-6-13(10-31)17(21)32)29-20(27-12)26-8-9-34-11-22(23,24)25/h2-5,13,17,31-33H,6-11H2,1H3,(H2,26,27,29,30)/t13-,17-,21+/m1/s1. The highest BCUT2D eigenvalue weighted by atomic mass is 32.1. The molecule has 0 spiro atoms. The minimum absolute atomic E-state index is 0.0227. The van der Waals surface area contributed by atoms with Crippen molar-refractivity contribution < 1.29 is 33.2 Å². The summed E-state index contributed by atoms with van der Waals surface area (Å²) in [6.07, 6.45) is -5.06. The first-order chi connectivity index (χ1) is 16.6. The molecule has 1 aromatic carbocycles. The van der Waals surface area contributed by atoms with E-state index in [0.29, 0.717) is 22.7 Å². The average molecular weight is 514 g/mol. The third-order valence-electron chi connectivity index (χ3n) is 5.79. The Bertz CT molecular complexity index is 1140. The molecule has 5 N–H and O–H groups in total. The summed E-state index contributed by atoms with van der Waals surface area (Å²) in [5.74, 6) is -0.180. The molecule has 0 bridgehead atoms. The molecule has 190 valence electrons. The molecular formula is C22H26F3N5O4S. The summed E-state index contributed by atoms with van der Waals surface area (Å²) in [6.45, 7) is -0.0937. The molecule has 0 aliphatic heterocycles. The molecule has 13 heteroatoms. The second-order valence-corrected chi connectivity index (χ2v) is 9.44. The maximum atomic E-state index is 12.3. The lowest BCUT2D eigenvalue weighted by atomic mass is 10.0. The first-order valence-corrected chi connectivity index (χ1v) is 11.8. The van der Waals surface area contributed by atoms with Crippen molar-refractivity contribution in [3.8, 4) is 10.6 Å². The van der Waals surface area contributed by atoms with E-state index in [1.807, 2.05) is 24.3 Å². The van der Waals surface area contributed by atoms with Crippen molar-refractivity contribution in [1.82, 2.24) is 15.0 Å². The fraction of sp³-hybridized carbons (Fsp3) is 0.500. The number of aromatic nitrogens is 3. The zero-order valence-electron chi connectivity index (χ0n) is 18.8. The van der Waals surface area contributed by atoms with Crippen LogP contribution in [-0.4, -0.2) is 74.6 Å². The number of aliphatic hydroxyl groups excluding tert-OH is 2. The van der Waals surface area contributed by atoms with Crippen molar-refractivity contribution in [2.45, 2.75) is 37.8 Å². The van der Waals surface area contributed by atoms with Crippen molar-refractivity contribution in [2.24, 2.45) is 5.92 Å². The van der Waals surface area contributed by atoms with E-state index in [-0.39, 0.29) is 37.9 Å². The maximum absolute atomic E-state index is 12.3. The molecule has 0 unspecified atom stereocenters. The summed E-state index contributed by atoms with van der Waals surface area (Å²) in [4.78, 5) is 13.5. The van der Waals surface area contributed by atoms with Crippen LogP contribution in [0, 0.1) is 12.8 Å². The van der Waals surface area contributed by atoms with Crippen LogP contribution in [0.25, 0.3) is 20.8 Å². The monoisotopic (exact) mass is 513 g/mol. The fourth-order valence-electron chi connectivity index (χ4n) is 4.03. The van der Waals surface area contributed by atoms with Gasteiger partial charge in [0.05, 0.1) is 28.1 Å². The number of thiazole rings is 1. The third-order valence-corrected chi connectivity index (χ3v) is 6.85. The van der Waals surface area contributed by atoms with Gasteiger partial charge in [0.1, 0.15) is 23.5 Å². The van der Waals surface area contributed by atoms with Crippen molar-refractivity contribution in [3.63, 3.8) is 0 Å². The van der Waals surface area contributed by atoms with Gasteiger partial charge < -0.3 is 30.7 Å². The number of aryl methyl sites for hydroxylation is 1. The van der Waals surface area contributed by atoms with Crippen LogP contribution in [0.4, 0.5) is 24.9 Å². The fourth-order valence-corrected chi connectivity index (χ4v) is 5.10. The highest BCUT2D eigenvalue weighted by Crippen LogP contribution is 2.40. The number of ether oxygens (including phenoxy) is 1. The number of nitrogens with one attached hydrogen (secondary N) is 2. The highest BCUT2D eigenvalue weighted by molar-refractivity contribution is 7.21. The maximum Gasteiger partial charge on any atom is 0.411 e. The van der Waals surface area contributed by atoms with Crippen molar-refractivity contribution in [3.05, 3.63) is 30.0 Å². The number of halogens is 3. The number of anilines is 2. The van der Waals surface area contributed by atoms with Crippen LogP contribution in [0.2, 0.25) is 0 Å². The van der Waals surface area contributed by atoms with Crippen LogP contribution in [0.1, 0.15) is 18.5 Å². The molecule has 9 nitrogen and oxygen atoms in total. The minimum atomic E-state index is -4.41. The number of hydrogen-bond acceptors (Lipinski definition) is 10. The van der Waals surface area contributed by atoms with Gasteiger partial charge in [0.25, 0.3) is 0 Å². The van der Waals surface area contributed by atoms with Crippen LogP contribution in [0.3, 0.4) is 0 Å². The number of benzene rings is 1. The summed E-state index contributed by atoms with van der Waals surface area (Å²) >= 11 is 1.41. The second-order valence-electron chi connectivity index (χ2n) is 8.41. The Hall–Kier alpha value is -2.58. The lowest BCUT2D eigenvalue weighted by molar-refractivity contribution is -0.172. The van der Waals surface area contributed by atoms with Gasteiger partial charge in [-0.15, -0.1) is 11.3 Å². The molecule has 2 heterocycles. The van der Waals surface area contributed by atoms with Crippen LogP contribution in [-0.2, 0) is 4.74 Å². The van der Waals surface area contributed by atoms with Crippen LogP contribution >= 0.6 is 11.3 Å². The van der Waals surface area contributed by atoms with Gasteiger partial charge in [-0.05, 0) is 31.9 Å². The van der Waals surface area contributed by atoms with Crippen molar-refractivity contribution in [2.75, 3.05) is 37.0 Å². The number of aliphatic hydroxyl groups is 3. The predicted octanol–water partition coefficient (Wildman–Crippen LogP) is 2.92. The Kier molecular flexibility index (Phi) is 7.43. The van der Waals surface area contributed by atoms with E-state index in [4.69, 9.17) is 0 Å². The van der Waals surface area contributed by atoms with Crippen molar-refractivity contribution in [1.29, 1.82) is 0 Å². The number of alkyl halides is 3. The Balaban J connectivity index is 1.63. The zero-order valence-corrected chi connectivity index (χ0v) is 19.7. The molecule has 3 aromatic rings. The highest BCUT2D eigenvalue weighted by Gasteiger charge is 2.47. The molecule has 35 heavy (non-hydrogen) atoms. The molecule has 0 amide bonds. The van der Waals surface area contributed by atoms with Gasteiger partial charge in [-0.3, -0.25) is 0 Å². The molecule has 0 radical (unpaired) electrons. The molecule has 4 rings (SSSR count).